The quantitative estimate of drug-likeness (QED) is 0.709. The third kappa shape index (κ3) is 1.72. The lowest BCUT2D eigenvalue weighted by Gasteiger charge is -2.26. The van der Waals surface area contributed by atoms with Crippen molar-refractivity contribution in [3.8, 4) is 0 Å². The summed E-state index contributed by atoms with van der Waals surface area (Å²) < 4.78 is 5.37. The van der Waals surface area contributed by atoms with Crippen LogP contribution >= 0.6 is 0 Å². The molecule has 13 heavy (non-hydrogen) atoms. The Morgan fingerprint density at radius 1 is 1.54 bits per heavy atom. The highest BCUT2D eigenvalue weighted by Gasteiger charge is 2.26. The number of aromatic nitrogens is 3. The van der Waals surface area contributed by atoms with Crippen LogP contribution in [0.2, 0.25) is 0 Å². The van der Waals surface area contributed by atoms with Gasteiger partial charge in [-0.05, 0) is 19.3 Å². The Balaban J connectivity index is 2.14. The molecule has 1 aromatic heterocycles. The van der Waals surface area contributed by atoms with E-state index in [1.54, 1.807) is 0 Å². The number of rotatable bonds is 1. The molecule has 1 aliphatic rings. The molecule has 4 nitrogen and oxygen atoms in total. The summed E-state index contributed by atoms with van der Waals surface area (Å²) in [6.07, 6.45) is 1.04. The first-order chi connectivity index (χ1) is 6.27. The minimum Gasteiger partial charge on any atom is -0.381 e. The number of ether oxygens (including phenoxy) is 1. The van der Waals surface area contributed by atoms with Gasteiger partial charge in [0, 0.05) is 19.1 Å². The van der Waals surface area contributed by atoms with Crippen molar-refractivity contribution >= 4 is 0 Å². The van der Waals surface area contributed by atoms with Gasteiger partial charge in [-0.1, -0.05) is 6.92 Å². The summed E-state index contributed by atoms with van der Waals surface area (Å²) >= 11 is 0. The highest BCUT2D eigenvalue weighted by Crippen LogP contribution is 2.28. The molecular weight excluding hydrogens is 166 g/mol. The van der Waals surface area contributed by atoms with E-state index in [9.17, 15) is 0 Å². The second-order valence-electron chi connectivity index (χ2n) is 3.73. The van der Waals surface area contributed by atoms with Crippen LogP contribution in [0.1, 0.15) is 30.9 Å². The highest BCUT2D eigenvalue weighted by molar-refractivity contribution is 4.99. The molecule has 2 rings (SSSR count). The Morgan fingerprint density at radius 2 is 2.38 bits per heavy atom. The fourth-order valence-corrected chi connectivity index (χ4v) is 1.79. The number of aryl methyl sites for hydroxylation is 1. The Labute approximate surface area is 77.7 Å². The lowest BCUT2D eigenvalue weighted by Crippen LogP contribution is -2.24. The van der Waals surface area contributed by atoms with Crippen molar-refractivity contribution < 1.29 is 4.74 Å². The Kier molecular flexibility index (Phi) is 2.31. The summed E-state index contributed by atoms with van der Waals surface area (Å²) in [5, 5.41) is 7.08. The molecule has 1 aliphatic heterocycles. The van der Waals surface area contributed by atoms with E-state index >= 15 is 0 Å². The van der Waals surface area contributed by atoms with E-state index in [0.717, 1.165) is 31.3 Å². The minimum atomic E-state index is 0.471. The summed E-state index contributed by atoms with van der Waals surface area (Å²) in [6, 6.07) is 0. The smallest absolute Gasteiger partial charge is 0.154 e. The predicted octanol–water partition coefficient (Wildman–Crippen LogP) is 1.25. The van der Waals surface area contributed by atoms with Crippen LogP contribution in [0.3, 0.4) is 0 Å². The van der Waals surface area contributed by atoms with E-state index in [2.05, 4.69) is 22.1 Å². The van der Waals surface area contributed by atoms with Gasteiger partial charge < -0.3 is 4.74 Å². The zero-order valence-corrected chi connectivity index (χ0v) is 8.08. The molecule has 1 fully saturated rings. The number of H-pyrrole nitrogens is 1. The number of hydrogen-bond donors (Lipinski definition) is 1. The average Bonchev–Trinajstić information content (AvgIpc) is 2.53. The van der Waals surface area contributed by atoms with Crippen LogP contribution in [0.25, 0.3) is 0 Å². The fraction of sp³-hybridized carbons (Fsp3) is 0.778. The van der Waals surface area contributed by atoms with Gasteiger partial charge in [0.25, 0.3) is 0 Å². The summed E-state index contributed by atoms with van der Waals surface area (Å²) in [5.74, 6) is 2.85. The second-order valence-corrected chi connectivity index (χ2v) is 3.73. The van der Waals surface area contributed by atoms with Gasteiger partial charge >= 0.3 is 0 Å². The Bertz CT molecular complexity index is 284. The van der Waals surface area contributed by atoms with Gasteiger partial charge in [0.05, 0.1) is 0 Å². The van der Waals surface area contributed by atoms with E-state index in [4.69, 9.17) is 4.74 Å². The fourth-order valence-electron chi connectivity index (χ4n) is 1.79. The molecule has 0 amide bonds. The number of hydrogen-bond acceptors (Lipinski definition) is 3. The van der Waals surface area contributed by atoms with Crippen molar-refractivity contribution in [2.45, 2.75) is 26.2 Å². The van der Waals surface area contributed by atoms with Crippen molar-refractivity contribution in [3.05, 3.63) is 11.6 Å². The number of nitrogens with one attached hydrogen (secondary N) is 1. The SMILES string of the molecule is Cc1nc(C2CCOCC2C)n[nH]1. The van der Waals surface area contributed by atoms with E-state index < -0.39 is 0 Å². The minimum absolute atomic E-state index is 0.471. The monoisotopic (exact) mass is 181 g/mol. The average molecular weight is 181 g/mol. The van der Waals surface area contributed by atoms with Crippen molar-refractivity contribution in [2.75, 3.05) is 13.2 Å². The molecule has 72 valence electrons. The summed E-state index contributed by atoms with van der Waals surface area (Å²) in [4.78, 5) is 4.36. The molecule has 0 aromatic carbocycles. The van der Waals surface area contributed by atoms with Crippen molar-refractivity contribution in [2.24, 2.45) is 5.92 Å². The lowest BCUT2D eigenvalue weighted by atomic mass is 9.89. The molecule has 0 radical (unpaired) electrons. The van der Waals surface area contributed by atoms with Gasteiger partial charge in [-0.3, -0.25) is 5.10 Å². The van der Waals surface area contributed by atoms with Crippen LogP contribution in [0.5, 0.6) is 0 Å². The van der Waals surface area contributed by atoms with Crippen molar-refractivity contribution in [1.82, 2.24) is 15.2 Å². The first-order valence-corrected chi connectivity index (χ1v) is 4.74. The predicted molar refractivity (Wildman–Crippen MR) is 48.5 cm³/mol. The van der Waals surface area contributed by atoms with Crippen LogP contribution in [0.15, 0.2) is 0 Å². The third-order valence-corrected chi connectivity index (χ3v) is 2.59. The van der Waals surface area contributed by atoms with Gasteiger partial charge in [-0.2, -0.15) is 5.10 Å². The van der Waals surface area contributed by atoms with Crippen LogP contribution < -0.4 is 0 Å². The van der Waals surface area contributed by atoms with E-state index in [-0.39, 0.29) is 0 Å². The van der Waals surface area contributed by atoms with E-state index in [1.165, 1.54) is 0 Å². The normalized spacial score (nSPS) is 29.1. The Hall–Kier alpha value is -0.900. The van der Waals surface area contributed by atoms with Crippen LogP contribution in [-0.4, -0.2) is 28.4 Å². The van der Waals surface area contributed by atoms with Gasteiger partial charge in [-0.15, -0.1) is 0 Å². The maximum Gasteiger partial charge on any atom is 0.154 e. The molecule has 1 N–H and O–H groups in total. The maximum atomic E-state index is 5.37. The molecule has 2 atom stereocenters. The third-order valence-electron chi connectivity index (χ3n) is 2.59. The van der Waals surface area contributed by atoms with Crippen LogP contribution in [0, 0.1) is 12.8 Å². The van der Waals surface area contributed by atoms with Gasteiger partial charge in [0.2, 0.25) is 0 Å². The molecule has 1 saturated heterocycles. The van der Waals surface area contributed by atoms with E-state index in [0.29, 0.717) is 11.8 Å². The molecule has 0 aliphatic carbocycles. The summed E-state index contributed by atoms with van der Waals surface area (Å²) in [6.45, 7) is 5.79. The number of nitrogens with zero attached hydrogens (tertiary/aromatic N) is 2. The van der Waals surface area contributed by atoms with Crippen molar-refractivity contribution in [1.29, 1.82) is 0 Å². The lowest BCUT2D eigenvalue weighted by molar-refractivity contribution is 0.0453. The Morgan fingerprint density at radius 3 is 3.00 bits per heavy atom. The molecule has 2 unspecified atom stereocenters. The summed E-state index contributed by atoms with van der Waals surface area (Å²) in [5.41, 5.74) is 0. The number of aromatic amines is 1. The zero-order valence-electron chi connectivity index (χ0n) is 8.08. The zero-order chi connectivity index (χ0) is 9.26. The maximum absolute atomic E-state index is 5.37. The van der Waals surface area contributed by atoms with E-state index in [1.807, 2.05) is 6.92 Å². The van der Waals surface area contributed by atoms with Gasteiger partial charge in [0.1, 0.15) is 5.82 Å². The largest absolute Gasteiger partial charge is 0.381 e. The summed E-state index contributed by atoms with van der Waals surface area (Å²) in [7, 11) is 0. The van der Waals surface area contributed by atoms with Crippen molar-refractivity contribution in [3.63, 3.8) is 0 Å². The standard InChI is InChI=1S/C9H15N3O/c1-6-5-13-4-3-8(6)9-10-7(2)11-12-9/h6,8H,3-5H2,1-2H3,(H,10,11,12). The molecule has 0 bridgehead atoms. The molecular formula is C9H15N3O. The van der Waals surface area contributed by atoms with Gasteiger partial charge in [-0.25, -0.2) is 4.98 Å². The molecule has 0 saturated carbocycles. The second kappa shape index (κ2) is 3.46. The molecule has 1 aromatic rings. The van der Waals surface area contributed by atoms with Crippen LogP contribution in [0.4, 0.5) is 0 Å². The van der Waals surface area contributed by atoms with Crippen LogP contribution in [-0.2, 0) is 4.74 Å². The topological polar surface area (TPSA) is 50.8 Å². The first kappa shape index (κ1) is 8.69. The molecule has 0 spiro atoms. The first-order valence-electron chi connectivity index (χ1n) is 4.74. The van der Waals surface area contributed by atoms with Gasteiger partial charge in [0.15, 0.2) is 5.82 Å². The molecule has 4 heteroatoms. The molecule has 2 heterocycles. The highest BCUT2D eigenvalue weighted by atomic mass is 16.5.